The molecule has 0 radical (unpaired) electrons. The number of aryl methyl sites for hydroxylation is 1. The summed E-state index contributed by atoms with van der Waals surface area (Å²) in [5.41, 5.74) is 3.37. The maximum atomic E-state index is 9.25. The fourth-order valence-electron chi connectivity index (χ4n) is 2.50. The molecule has 0 N–H and O–H groups in total. The van der Waals surface area contributed by atoms with E-state index in [1.54, 1.807) is 24.5 Å². The number of hydrogen-bond donors (Lipinski definition) is 0. The van der Waals surface area contributed by atoms with E-state index in [-0.39, 0.29) is 11.6 Å². The van der Waals surface area contributed by atoms with Gasteiger partial charge in [0.15, 0.2) is 0 Å². The molecule has 0 aliphatic carbocycles. The van der Waals surface area contributed by atoms with Gasteiger partial charge in [-0.3, -0.25) is 4.98 Å². The van der Waals surface area contributed by atoms with Gasteiger partial charge in [-0.05, 0) is 31.2 Å². The lowest BCUT2D eigenvalue weighted by Gasteiger charge is -2.05. The van der Waals surface area contributed by atoms with E-state index in [1.165, 1.54) is 0 Å². The van der Waals surface area contributed by atoms with Gasteiger partial charge in [-0.1, -0.05) is 18.2 Å². The molecule has 4 aromatic rings. The Morgan fingerprint density at radius 2 is 1.77 bits per heavy atom. The molecule has 7 heteroatoms. The molecule has 0 fully saturated rings. The van der Waals surface area contributed by atoms with Crippen LogP contribution in [0.25, 0.3) is 34.3 Å². The maximum absolute atomic E-state index is 9.25. The Morgan fingerprint density at radius 1 is 0.962 bits per heavy atom. The van der Waals surface area contributed by atoms with Crippen LogP contribution in [0.3, 0.4) is 0 Å². The normalized spacial score (nSPS) is 10.5. The van der Waals surface area contributed by atoms with Crippen LogP contribution in [0.15, 0.2) is 59.3 Å². The average Bonchev–Trinajstić information content (AvgIpc) is 3.19. The van der Waals surface area contributed by atoms with Crippen LogP contribution in [0.5, 0.6) is 0 Å². The zero-order valence-electron chi connectivity index (χ0n) is 13.8. The number of rotatable bonds is 3. The molecule has 3 aromatic heterocycles. The van der Waals surface area contributed by atoms with Gasteiger partial charge in [-0.25, -0.2) is 9.97 Å². The Kier molecular flexibility index (Phi) is 3.92. The summed E-state index contributed by atoms with van der Waals surface area (Å²) in [7, 11) is 0. The van der Waals surface area contributed by atoms with Crippen molar-refractivity contribution in [1.29, 1.82) is 5.26 Å². The quantitative estimate of drug-likeness (QED) is 0.563. The van der Waals surface area contributed by atoms with Crippen molar-refractivity contribution in [3.05, 3.63) is 66.2 Å². The SMILES string of the molecule is Cc1ncc(-c2cccnc2C#N)nc1-c1nnc(-c2ccccc2)o1. The molecule has 0 bridgehead atoms. The summed E-state index contributed by atoms with van der Waals surface area (Å²) in [4.78, 5) is 13.0. The highest BCUT2D eigenvalue weighted by Gasteiger charge is 2.17. The molecular weight excluding hydrogens is 328 g/mol. The summed E-state index contributed by atoms with van der Waals surface area (Å²) in [5, 5.41) is 17.4. The van der Waals surface area contributed by atoms with Gasteiger partial charge in [0.05, 0.1) is 17.6 Å². The number of nitriles is 1. The largest absolute Gasteiger partial charge is 0.415 e. The van der Waals surface area contributed by atoms with Gasteiger partial charge in [0.25, 0.3) is 5.89 Å². The summed E-state index contributed by atoms with van der Waals surface area (Å²) in [6.07, 6.45) is 3.17. The molecule has 0 saturated carbocycles. The molecular formula is C19H12N6O. The zero-order chi connectivity index (χ0) is 17.9. The van der Waals surface area contributed by atoms with E-state index in [0.29, 0.717) is 28.5 Å². The fourth-order valence-corrected chi connectivity index (χ4v) is 2.50. The number of hydrogen-bond acceptors (Lipinski definition) is 7. The Hall–Kier alpha value is -3.92. The number of benzene rings is 1. The molecule has 0 amide bonds. The molecule has 4 rings (SSSR count). The minimum absolute atomic E-state index is 0.276. The van der Waals surface area contributed by atoms with Crippen molar-refractivity contribution in [1.82, 2.24) is 25.1 Å². The molecule has 0 saturated heterocycles. The van der Waals surface area contributed by atoms with Crippen LogP contribution < -0.4 is 0 Å². The minimum atomic E-state index is 0.276. The summed E-state index contributed by atoms with van der Waals surface area (Å²) in [6, 6.07) is 15.1. The molecule has 124 valence electrons. The van der Waals surface area contributed by atoms with Crippen molar-refractivity contribution in [3.8, 4) is 40.4 Å². The second kappa shape index (κ2) is 6.53. The van der Waals surface area contributed by atoms with Gasteiger partial charge in [0, 0.05) is 17.3 Å². The van der Waals surface area contributed by atoms with Crippen LogP contribution in [0, 0.1) is 18.3 Å². The predicted molar refractivity (Wildman–Crippen MR) is 93.4 cm³/mol. The topological polar surface area (TPSA) is 101 Å². The molecule has 3 heterocycles. The number of nitrogens with zero attached hydrogens (tertiary/aromatic N) is 6. The van der Waals surface area contributed by atoms with E-state index >= 15 is 0 Å². The molecule has 0 atom stereocenters. The number of pyridine rings is 1. The highest BCUT2D eigenvalue weighted by atomic mass is 16.4. The Labute approximate surface area is 149 Å². The average molecular weight is 340 g/mol. The van der Waals surface area contributed by atoms with E-state index in [0.717, 1.165) is 5.56 Å². The van der Waals surface area contributed by atoms with Crippen LogP contribution >= 0.6 is 0 Å². The molecule has 0 aliphatic heterocycles. The van der Waals surface area contributed by atoms with Crippen molar-refractivity contribution in [2.45, 2.75) is 6.92 Å². The molecule has 26 heavy (non-hydrogen) atoms. The molecule has 0 aliphatic rings. The van der Waals surface area contributed by atoms with Gasteiger partial charge in [-0.15, -0.1) is 10.2 Å². The lowest BCUT2D eigenvalue weighted by atomic mass is 10.1. The van der Waals surface area contributed by atoms with E-state index in [2.05, 4.69) is 31.2 Å². The third-order valence-corrected chi connectivity index (χ3v) is 3.79. The lowest BCUT2D eigenvalue weighted by molar-refractivity contribution is 0.581. The van der Waals surface area contributed by atoms with E-state index in [4.69, 9.17) is 4.42 Å². The van der Waals surface area contributed by atoms with Crippen LogP contribution in [-0.4, -0.2) is 25.1 Å². The van der Waals surface area contributed by atoms with Gasteiger partial charge >= 0.3 is 0 Å². The smallest absolute Gasteiger partial charge is 0.268 e. The van der Waals surface area contributed by atoms with Crippen LogP contribution in [-0.2, 0) is 0 Å². The lowest BCUT2D eigenvalue weighted by Crippen LogP contribution is -1.97. The Bertz CT molecular complexity index is 1110. The van der Waals surface area contributed by atoms with Crippen molar-refractivity contribution in [2.24, 2.45) is 0 Å². The van der Waals surface area contributed by atoms with Crippen molar-refractivity contribution < 1.29 is 4.42 Å². The second-order valence-electron chi connectivity index (χ2n) is 5.48. The molecule has 7 nitrogen and oxygen atoms in total. The zero-order valence-corrected chi connectivity index (χ0v) is 13.8. The third kappa shape index (κ3) is 2.80. The van der Waals surface area contributed by atoms with E-state index in [9.17, 15) is 5.26 Å². The number of aromatic nitrogens is 5. The van der Waals surface area contributed by atoms with Crippen LogP contribution in [0.4, 0.5) is 0 Å². The van der Waals surface area contributed by atoms with Gasteiger partial charge in [-0.2, -0.15) is 5.26 Å². The predicted octanol–water partition coefficient (Wildman–Crippen LogP) is 3.44. The standard InChI is InChI=1S/C19H12N6O/c1-12-17(19-25-24-18(26-19)13-6-3-2-4-7-13)23-16(11-22-12)14-8-5-9-21-15(14)10-20/h2-9,11H,1H3. The first-order valence-electron chi connectivity index (χ1n) is 7.84. The van der Waals surface area contributed by atoms with Gasteiger partial charge in [0.1, 0.15) is 17.5 Å². The van der Waals surface area contributed by atoms with Gasteiger partial charge in [0.2, 0.25) is 5.89 Å². The van der Waals surface area contributed by atoms with E-state index in [1.807, 2.05) is 37.3 Å². The molecule has 0 unspecified atom stereocenters. The van der Waals surface area contributed by atoms with Crippen molar-refractivity contribution >= 4 is 0 Å². The third-order valence-electron chi connectivity index (χ3n) is 3.79. The minimum Gasteiger partial charge on any atom is -0.415 e. The van der Waals surface area contributed by atoms with Crippen molar-refractivity contribution in [3.63, 3.8) is 0 Å². The van der Waals surface area contributed by atoms with E-state index < -0.39 is 0 Å². The van der Waals surface area contributed by atoms with Crippen molar-refractivity contribution in [2.75, 3.05) is 0 Å². The summed E-state index contributed by atoms with van der Waals surface area (Å²) in [6.45, 7) is 1.81. The summed E-state index contributed by atoms with van der Waals surface area (Å²) in [5.74, 6) is 0.685. The Balaban J connectivity index is 1.79. The van der Waals surface area contributed by atoms with Gasteiger partial charge < -0.3 is 4.42 Å². The highest BCUT2D eigenvalue weighted by Crippen LogP contribution is 2.27. The van der Waals surface area contributed by atoms with Crippen LogP contribution in [0.2, 0.25) is 0 Å². The molecule has 1 aromatic carbocycles. The molecule has 0 spiro atoms. The maximum Gasteiger partial charge on any atom is 0.268 e. The summed E-state index contributed by atoms with van der Waals surface area (Å²) >= 11 is 0. The van der Waals surface area contributed by atoms with Crippen LogP contribution in [0.1, 0.15) is 11.4 Å². The first kappa shape index (κ1) is 15.6. The fraction of sp³-hybridized carbons (Fsp3) is 0.0526. The monoisotopic (exact) mass is 340 g/mol. The highest BCUT2D eigenvalue weighted by molar-refractivity contribution is 5.67. The first-order chi connectivity index (χ1) is 12.8. The first-order valence-corrected chi connectivity index (χ1v) is 7.84. The second-order valence-corrected chi connectivity index (χ2v) is 5.48. The Morgan fingerprint density at radius 3 is 2.58 bits per heavy atom. The summed E-state index contributed by atoms with van der Waals surface area (Å²) < 4.78 is 5.78.